The molecule has 0 saturated carbocycles. The smallest absolute Gasteiger partial charge is 0.287 e. The largest absolute Gasteiger partial charge is 0.473 e. The molecule has 0 spiro atoms. The molecule has 0 aromatic heterocycles. The fraction of sp³-hybridized carbons (Fsp3) is 0.429. The van der Waals surface area contributed by atoms with Crippen LogP contribution in [0.25, 0.3) is 0 Å². The lowest BCUT2D eigenvalue weighted by molar-refractivity contribution is 0.477. The van der Waals surface area contributed by atoms with Crippen molar-refractivity contribution in [2.45, 2.75) is 57.3 Å². The molecule has 24 heavy (non-hydrogen) atoms. The zero-order valence-corrected chi connectivity index (χ0v) is 16.5. The van der Waals surface area contributed by atoms with E-state index in [2.05, 4.69) is 88.0 Å². The lowest BCUT2D eigenvalue weighted by Gasteiger charge is -2.39. The van der Waals surface area contributed by atoms with Crippen molar-refractivity contribution in [1.82, 2.24) is 0 Å². The van der Waals surface area contributed by atoms with E-state index in [4.69, 9.17) is 4.34 Å². The zero-order valence-electron chi connectivity index (χ0n) is 15.5. The van der Waals surface area contributed by atoms with Gasteiger partial charge in [0.25, 0.3) is 6.92 Å². The normalized spacial score (nSPS) is 25.8. The maximum atomic E-state index is 6.99. The monoisotopic (exact) mass is 336 g/mol. The summed E-state index contributed by atoms with van der Waals surface area (Å²) in [5.41, 5.74) is 1.98. The van der Waals surface area contributed by atoms with Crippen molar-refractivity contribution in [3.05, 3.63) is 66.2 Å². The maximum absolute atomic E-state index is 6.99. The van der Waals surface area contributed by atoms with Gasteiger partial charge in [-0.15, -0.1) is 0 Å². The van der Waals surface area contributed by atoms with E-state index in [1.807, 2.05) is 0 Å². The van der Waals surface area contributed by atoms with E-state index in [9.17, 15) is 0 Å². The molecule has 3 rings (SSSR count). The Morgan fingerprint density at radius 2 is 1.46 bits per heavy atom. The lowest BCUT2D eigenvalue weighted by Crippen LogP contribution is -2.51. The summed E-state index contributed by atoms with van der Waals surface area (Å²) in [7, 11) is -2.09. The Balaban J connectivity index is 2.21. The van der Waals surface area contributed by atoms with Crippen molar-refractivity contribution in [2.75, 3.05) is 0 Å². The minimum Gasteiger partial charge on any atom is -0.473 e. The van der Waals surface area contributed by atoms with E-state index >= 15 is 0 Å². The molecular formula is C21H29BOSi. The fourth-order valence-corrected chi connectivity index (χ4v) is 10.1. The van der Waals surface area contributed by atoms with Gasteiger partial charge < -0.3 is 4.34 Å². The molecule has 0 aliphatic carbocycles. The van der Waals surface area contributed by atoms with Crippen LogP contribution < -0.4 is 5.19 Å². The molecule has 3 heteroatoms. The number of benzene rings is 2. The molecule has 2 aromatic carbocycles. The Morgan fingerprint density at radius 3 is 1.96 bits per heavy atom. The van der Waals surface area contributed by atoms with Crippen LogP contribution in [0.3, 0.4) is 0 Å². The third-order valence-electron chi connectivity index (χ3n) is 6.32. The van der Waals surface area contributed by atoms with Gasteiger partial charge in [-0.1, -0.05) is 101 Å². The first-order chi connectivity index (χ1) is 11.6. The molecule has 126 valence electrons. The first-order valence-corrected chi connectivity index (χ1v) is 11.9. The molecule has 0 N–H and O–H groups in total. The Hall–Kier alpha value is -1.32. The van der Waals surface area contributed by atoms with Crippen LogP contribution in [0.15, 0.2) is 60.7 Å². The minimum atomic E-state index is -2.09. The first kappa shape index (κ1) is 17.5. The predicted octanol–water partition coefficient (Wildman–Crippen LogP) is 5.39. The Bertz CT molecular complexity index is 656. The number of hydrogen-bond donors (Lipinski definition) is 0. The summed E-state index contributed by atoms with van der Waals surface area (Å²) in [5.74, 6) is 0. The second-order valence-electron chi connectivity index (χ2n) is 7.27. The van der Waals surface area contributed by atoms with Gasteiger partial charge in [0, 0.05) is 5.54 Å². The van der Waals surface area contributed by atoms with Gasteiger partial charge in [-0.25, -0.2) is 0 Å². The summed E-state index contributed by atoms with van der Waals surface area (Å²) in [4.78, 5) is 0. The maximum Gasteiger partial charge on any atom is 0.287 e. The highest BCUT2D eigenvalue weighted by molar-refractivity contribution is 6.95. The van der Waals surface area contributed by atoms with E-state index in [0.29, 0.717) is 12.5 Å². The van der Waals surface area contributed by atoms with Crippen LogP contribution in [0.4, 0.5) is 0 Å². The van der Waals surface area contributed by atoms with Gasteiger partial charge in [-0.3, -0.25) is 0 Å². The third kappa shape index (κ3) is 2.58. The average Bonchev–Trinajstić information content (AvgIpc) is 2.92. The molecule has 1 aliphatic heterocycles. The third-order valence-corrected chi connectivity index (χ3v) is 10.6. The van der Waals surface area contributed by atoms with E-state index in [1.165, 1.54) is 23.6 Å². The lowest BCUT2D eigenvalue weighted by atomic mass is 9.40. The number of hydrogen-bond acceptors (Lipinski definition) is 1. The standard InChI is InChI=1S/C21H29BOSi/c1-5-21(6-2)20(18-14-10-8-11-15-18)24(4,23-22(21)7-3)19-16-12-9-13-17-19/h8-17,20H,5-7H2,1-4H3. The van der Waals surface area contributed by atoms with Crippen molar-refractivity contribution >= 4 is 20.4 Å². The molecule has 1 heterocycles. The second-order valence-corrected chi connectivity index (χ2v) is 10.9. The molecule has 2 aromatic rings. The first-order valence-electron chi connectivity index (χ1n) is 9.40. The average molecular weight is 336 g/mol. The van der Waals surface area contributed by atoms with Gasteiger partial charge in [0.2, 0.25) is 8.32 Å². The molecule has 1 aliphatic rings. The summed E-state index contributed by atoms with van der Waals surface area (Å²) < 4.78 is 6.99. The molecule has 0 amide bonds. The highest BCUT2D eigenvalue weighted by atomic mass is 28.4. The Kier molecular flexibility index (Phi) is 5.03. The van der Waals surface area contributed by atoms with Crippen molar-refractivity contribution in [3.63, 3.8) is 0 Å². The fourth-order valence-electron chi connectivity index (χ4n) is 5.12. The van der Waals surface area contributed by atoms with Crippen LogP contribution in [-0.4, -0.2) is 15.2 Å². The molecule has 2 unspecified atom stereocenters. The molecule has 1 nitrogen and oxygen atoms in total. The van der Waals surface area contributed by atoms with Crippen molar-refractivity contribution < 1.29 is 4.34 Å². The van der Waals surface area contributed by atoms with Gasteiger partial charge in [-0.05, 0) is 22.6 Å². The van der Waals surface area contributed by atoms with E-state index in [1.54, 1.807) is 0 Å². The molecular weight excluding hydrogens is 307 g/mol. The van der Waals surface area contributed by atoms with Crippen molar-refractivity contribution in [1.29, 1.82) is 0 Å². The van der Waals surface area contributed by atoms with Crippen LogP contribution in [-0.2, 0) is 4.34 Å². The van der Waals surface area contributed by atoms with Crippen LogP contribution in [0.2, 0.25) is 18.2 Å². The Morgan fingerprint density at radius 1 is 0.917 bits per heavy atom. The summed E-state index contributed by atoms with van der Waals surface area (Å²) in [6, 6.07) is 22.1. The predicted molar refractivity (Wildman–Crippen MR) is 107 cm³/mol. The number of rotatable bonds is 5. The molecule has 1 fully saturated rings. The highest BCUT2D eigenvalue weighted by Crippen LogP contribution is 2.61. The quantitative estimate of drug-likeness (QED) is 0.665. The zero-order chi connectivity index (χ0) is 17.2. The molecule has 0 bridgehead atoms. The molecule has 2 atom stereocenters. The van der Waals surface area contributed by atoms with Crippen LogP contribution in [0.1, 0.15) is 44.7 Å². The van der Waals surface area contributed by atoms with E-state index < -0.39 is 8.32 Å². The Labute approximate surface area is 148 Å². The topological polar surface area (TPSA) is 9.23 Å². The van der Waals surface area contributed by atoms with Crippen LogP contribution in [0, 0.1) is 0 Å². The van der Waals surface area contributed by atoms with Crippen molar-refractivity contribution in [3.8, 4) is 0 Å². The minimum absolute atomic E-state index is 0.243. The van der Waals surface area contributed by atoms with Gasteiger partial charge >= 0.3 is 0 Å². The highest BCUT2D eigenvalue weighted by Gasteiger charge is 2.63. The van der Waals surface area contributed by atoms with Crippen molar-refractivity contribution in [2.24, 2.45) is 0 Å². The molecule has 1 saturated heterocycles. The van der Waals surface area contributed by atoms with Gasteiger partial charge in [0.15, 0.2) is 0 Å². The second kappa shape index (κ2) is 6.89. The van der Waals surface area contributed by atoms with Crippen LogP contribution >= 0.6 is 0 Å². The SMILES string of the molecule is CCB1O[Si](C)(c2ccccc2)C(c2ccccc2)C1(CC)CC. The van der Waals surface area contributed by atoms with E-state index in [0.717, 1.165) is 6.32 Å². The summed E-state index contributed by atoms with van der Waals surface area (Å²) >= 11 is 0. The van der Waals surface area contributed by atoms with Gasteiger partial charge in [0.1, 0.15) is 0 Å². The van der Waals surface area contributed by atoms with E-state index in [-0.39, 0.29) is 5.31 Å². The molecule has 0 radical (unpaired) electrons. The van der Waals surface area contributed by atoms with Crippen LogP contribution in [0.5, 0.6) is 0 Å². The summed E-state index contributed by atoms with van der Waals surface area (Å²) in [6.45, 7) is 9.80. The summed E-state index contributed by atoms with van der Waals surface area (Å²) in [6.07, 6.45) is 3.45. The summed E-state index contributed by atoms with van der Waals surface area (Å²) in [5, 5.41) is 1.67. The van der Waals surface area contributed by atoms with Gasteiger partial charge in [-0.2, -0.15) is 0 Å². The van der Waals surface area contributed by atoms with Gasteiger partial charge in [0.05, 0.1) is 0 Å².